The van der Waals surface area contributed by atoms with E-state index in [1.807, 2.05) is 0 Å². The molecule has 1 atom stereocenters. The molecule has 0 saturated carbocycles. The number of benzene rings is 2. The number of nitrogens with one attached hydrogen (secondary N) is 2. The molecule has 0 aliphatic carbocycles. The number of aliphatic hydroxyl groups excluding tert-OH is 1. The number of rotatable bonds is 6. The van der Waals surface area contributed by atoms with Crippen molar-refractivity contribution in [2.75, 3.05) is 26.1 Å². The topological polar surface area (TPSA) is 79.8 Å². The highest BCUT2D eigenvalue weighted by atomic mass is 35.5. The molecule has 0 aromatic heterocycles. The van der Waals surface area contributed by atoms with E-state index in [-0.39, 0.29) is 6.54 Å². The first-order valence-electron chi connectivity index (χ1n) is 7.24. The second kappa shape index (κ2) is 8.42. The van der Waals surface area contributed by atoms with Gasteiger partial charge in [0.15, 0.2) is 0 Å². The summed E-state index contributed by atoms with van der Waals surface area (Å²) in [7, 11) is 3.05. The number of hydrogen-bond donors (Lipinski definition) is 3. The summed E-state index contributed by atoms with van der Waals surface area (Å²) in [6, 6.07) is 11.4. The Hall–Kier alpha value is -2.44. The van der Waals surface area contributed by atoms with Gasteiger partial charge in [0.25, 0.3) is 0 Å². The van der Waals surface area contributed by atoms with Crippen molar-refractivity contribution in [3.63, 3.8) is 0 Å². The van der Waals surface area contributed by atoms with E-state index in [1.54, 1.807) is 42.5 Å². The zero-order chi connectivity index (χ0) is 17.5. The predicted molar refractivity (Wildman–Crippen MR) is 93.0 cm³/mol. The minimum atomic E-state index is -0.944. The number of amides is 2. The van der Waals surface area contributed by atoms with E-state index in [9.17, 15) is 9.90 Å². The smallest absolute Gasteiger partial charge is 0.319 e. The molecule has 7 heteroatoms. The van der Waals surface area contributed by atoms with Crippen molar-refractivity contribution in [3.05, 3.63) is 53.1 Å². The molecule has 0 fully saturated rings. The van der Waals surface area contributed by atoms with Crippen molar-refractivity contribution < 1.29 is 19.4 Å². The van der Waals surface area contributed by atoms with Crippen molar-refractivity contribution in [3.8, 4) is 11.5 Å². The van der Waals surface area contributed by atoms with Crippen LogP contribution >= 0.6 is 11.6 Å². The van der Waals surface area contributed by atoms with Crippen LogP contribution in [0.25, 0.3) is 0 Å². The van der Waals surface area contributed by atoms with Gasteiger partial charge < -0.3 is 25.2 Å². The van der Waals surface area contributed by atoms with E-state index >= 15 is 0 Å². The van der Waals surface area contributed by atoms with E-state index < -0.39 is 12.1 Å². The highest BCUT2D eigenvalue weighted by molar-refractivity contribution is 6.30. The van der Waals surface area contributed by atoms with Gasteiger partial charge in [0.05, 0.1) is 14.2 Å². The van der Waals surface area contributed by atoms with Crippen molar-refractivity contribution in [2.24, 2.45) is 0 Å². The van der Waals surface area contributed by atoms with E-state index in [0.717, 1.165) is 0 Å². The molecular weight excluding hydrogens is 332 g/mol. The number of carbonyl (C=O) groups is 1. The van der Waals surface area contributed by atoms with Gasteiger partial charge in [0.1, 0.15) is 17.6 Å². The average Bonchev–Trinajstić information content (AvgIpc) is 2.59. The monoisotopic (exact) mass is 350 g/mol. The Morgan fingerprint density at radius 3 is 2.67 bits per heavy atom. The van der Waals surface area contributed by atoms with Gasteiger partial charge in [-0.15, -0.1) is 0 Å². The largest absolute Gasteiger partial charge is 0.497 e. The Morgan fingerprint density at radius 2 is 2.00 bits per heavy atom. The maximum atomic E-state index is 11.9. The molecule has 2 aromatic rings. The minimum absolute atomic E-state index is 0.00985. The Labute approximate surface area is 145 Å². The maximum Gasteiger partial charge on any atom is 0.319 e. The summed E-state index contributed by atoms with van der Waals surface area (Å²) in [5.74, 6) is 1.11. The molecule has 0 spiro atoms. The minimum Gasteiger partial charge on any atom is -0.497 e. The van der Waals surface area contributed by atoms with Gasteiger partial charge in [0, 0.05) is 22.8 Å². The number of ether oxygens (including phenoxy) is 2. The number of carbonyl (C=O) groups excluding carboxylic acids is 1. The summed E-state index contributed by atoms with van der Waals surface area (Å²) in [5, 5.41) is 16.1. The normalized spacial score (nSPS) is 11.5. The van der Waals surface area contributed by atoms with Crippen LogP contribution in [0.1, 0.15) is 11.7 Å². The van der Waals surface area contributed by atoms with Crippen molar-refractivity contribution in [1.29, 1.82) is 0 Å². The highest BCUT2D eigenvalue weighted by Gasteiger charge is 2.15. The van der Waals surface area contributed by atoms with E-state index in [1.165, 1.54) is 14.2 Å². The Kier molecular flexibility index (Phi) is 6.28. The summed E-state index contributed by atoms with van der Waals surface area (Å²) in [5.41, 5.74) is 1.09. The second-order valence-corrected chi connectivity index (χ2v) is 5.41. The maximum absolute atomic E-state index is 11.9. The fourth-order valence-electron chi connectivity index (χ4n) is 2.14. The molecular formula is C17H19ClN2O4. The van der Waals surface area contributed by atoms with Crippen LogP contribution in [0.4, 0.5) is 10.5 Å². The quantitative estimate of drug-likeness (QED) is 0.747. The third-order valence-corrected chi connectivity index (χ3v) is 3.57. The second-order valence-electron chi connectivity index (χ2n) is 4.97. The van der Waals surface area contributed by atoms with Crippen LogP contribution in [0.2, 0.25) is 5.02 Å². The van der Waals surface area contributed by atoms with Gasteiger partial charge >= 0.3 is 6.03 Å². The van der Waals surface area contributed by atoms with E-state index in [4.69, 9.17) is 21.1 Å². The van der Waals surface area contributed by atoms with Crippen LogP contribution in [0.3, 0.4) is 0 Å². The Balaban J connectivity index is 1.97. The summed E-state index contributed by atoms with van der Waals surface area (Å²) < 4.78 is 10.4. The lowest BCUT2D eigenvalue weighted by atomic mass is 10.1. The van der Waals surface area contributed by atoms with Crippen molar-refractivity contribution >= 4 is 23.3 Å². The molecule has 0 heterocycles. The molecule has 2 amide bonds. The van der Waals surface area contributed by atoms with Crippen LogP contribution in [-0.4, -0.2) is 31.9 Å². The Morgan fingerprint density at radius 1 is 1.21 bits per heavy atom. The zero-order valence-electron chi connectivity index (χ0n) is 13.4. The molecule has 6 nitrogen and oxygen atoms in total. The molecule has 1 unspecified atom stereocenters. The lowest BCUT2D eigenvalue weighted by Gasteiger charge is -2.17. The first-order valence-corrected chi connectivity index (χ1v) is 7.61. The zero-order valence-corrected chi connectivity index (χ0v) is 14.1. The molecule has 0 aliphatic rings. The lowest BCUT2D eigenvalue weighted by Crippen LogP contribution is -2.32. The van der Waals surface area contributed by atoms with Gasteiger partial charge in [0.2, 0.25) is 0 Å². The van der Waals surface area contributed by atoms with Crippen LogP contribution in [0.5, 0.6) is 11.5 Å². The van der Waals surface area contributed by atoms with Gasteiger partial charge in [-0.1, -0.05) is 17.7 Å². The summed E-state index contributed by atoms with van der Waals surface area (Å²) in [6.45, 7) is 0.00985. The third kappa shape index (κ3) is 4.78. The molecule has 0 saturated heterocycles. The van der Waals surface area contributed by atoms with Gasteiger partial charge in [-0.05, 0) is 36.4 Å². The van der Waals surface area contributed by atoms with Crippen LogP contribution in [0, 0.1) is 0 Å². The Bertz CT molecular complexity index is 709. The molecule has 2 rings (SSSR count). The van der Waals surface area contributed by atoms with Crippen LogP contribution < -0.4 is 20.1 Å². The van der Waals surface area contributed by atoms with Gasteiger partial charge in [-0.25, -0.2) is 4.79 Å². The van der Waals surface area contributed by atoms with Crippen molar-refractivity contribution in [1.82, 2.24) is 5.32 Å². The first-order chi connectivity index (χ1) is 11.5. The molecule has 24 heavy (non-hydrogen) atoms. The van der Waals surface area contributed by atoms with Crippen LogP contribution in [-0.2, 0) is 0 Å². The van der Waals surface area contributed by atoms with Crippen molar-refractivity contribution in [2.45, 2.75) is 6.10 Å². The highest BCUT2D eigenvalue weighted by Crippen LogP contribution is 2.29. The van der Waals surface area contributed by atoms with Gasteiger partial charge in [-0.2, -0.15) is 0 Å². The molecule has 2 aromatic carbocycles. The van der Waals surface area contributed by atoms with E-state index in [2.05, 4.69) is 10.6 Å². The third-order valence-electron chi connectivity index (χ3n) is 3.33. The first kappa shape index (κ1) is 17.9. The standard InChI is InChI=1S/C17H19ClN2O4/c1-23-13-6-7-16(24-2)14(9-13)15(21)10-19-17(22)20-12-5-3-4-11(18)8-12/h3-9,15,21H,10H2,1-2H3,(H2,19,20,22). The van der Waals surface area contributed by atoms with Gasteiger partial charge in [-0.3, -0.25) is 0 Å². The molecule has 0 radical (unpaired) electrons. The molecule has 0 bridgehead atoms. The number of hydrogen-bond acceptors (Lipinski definition) is 4. The molecule has 3 N–H and O–H groups in total. The molecule has 0 aliphatic heterocycles. The summed E-state index contributed by atoms with van der Waals surface area (Å²) >= 11 is 5.86. The average molecular weight is 351 g/mol. The fourth-order valence-corrected chi connectivity index (χ4v) is 2.33. The predicted octanol–water partition coefficient (Wildman–Crippen LogP) is 3.21. The number of halogens is 1. The molecule has 128 valence electrons. The van der Waals surface area contributed by atoms with Crippen LogP contribution in [0.15, 0.2) is 42.5 Å². The summed E-state index contributed by atoms with van der Waals surface area (Å²) in [6.07, 6.45) is -0.944. The SMILES string of the molecule is COc1ccc(OC)c(C(O)CNC(=O)Nc2cccc(Cl)c2)c1. The number of anilines is 1. The number of methoxy groups -OCH3 is 2. The fraction of sp³-hybridized carbons (Fsp3) is 0.235. The summed E-state index contributed by atoms with van der Waals surface area (Å²) in [4.78, 5) is 11.9. The number of urea groups is 1. The lowest BCUT2D eigenvalue weighted by molar-refractivity contribution is 0.170. The number of aliphatic hydroxyl groups is 1. The van der Waals surface area contributed by atoms with E-state index in [0.29, 0.717) is 27.8 Å².